The zero-order chi connectivity index (χ0) is 17.6. The highest BCUT2D eigenvalue weighted by atomic mass is 16.5. The minimum Gasteiger partial charge on any atom is -0.497 e. The first kappa shape index (κ1) is 17.8. The first-order valence-electron chi connectivity index (χ1n) is 8.77. The summed E-state index contributed by atoms with van der Waals surface area (Å²) in [7, 11) is 1.64. The van der Waals surface area contributed by atoms with Crippen molar-refractivity contribution in [1.29, 1.82) is 0 Å². The lowest BCUT2D eigenvalue weighted by Gasteiger charge is -2.37. The Morgan fingerprint density at radius 3 is 2.48 bits per heavy atom. The van der Waals surface area contributed by atoms with Crippen LogP contribution in [-0.4, -0.2) is 71.0 Å². The number of hydrogen-bond acceptors (Lipinski definition) is 7. The number of nitrogens with zero attached hydrogens (tertiary/aromatic N) is 4. The van der Waals surface area contributed by atoms with E-state index in [0.29, 0.717) is 18.3 Å². The second-order valence-electron chi connectivity index (χ2n) is 6.29. The molecule has 25 heavy (non-hydrogen) atoms. The van der Waals surface area contributed by atoms with Crippen LogP contribution in [-0.2, 0) is 6.54 Å². The van der Waals surface area contributed by atoms with Crippen LogP contribution in [0.1, 0.15) is 19.2 Å². The largest absolute Gasteiger partial charge is 0.497 e. The molecule has 1 aliphatic rings. The van der Waals surface area contributed by atoms with Gasteiger partial charge >= 0.3 is 0 Å². The van der Waals surface area contributed by atoms with E-state index in [2.05, 4.69) is 26.9 Å². The Kier molecular flexibility index (Phi) is 6.01. The summed E-state index contributed by atoms with van der Waals surface area (Å²) >= 11 is 0. The van der Waals surface area contributed by atoms with Gasteiger partial charge in [-0.1, -0.05) is 6.92 Å². The van der Waals surface area contributed by atoms with Gasteiger partial charge < -0.3 is 14.3 Å². The van der Waals surface area contributed by atoms with E-state index < -0.39 is 0 Å². The van der Waals surface area contributed by atoms with Gasteiger partial charge in [0, 0.05) is 37.8 Å². The van der Waals surface area contributed by atoms with Crippen molar-refractivity contribution >= 4 is 0 Å². The van der Waals surface area contributed by atoms with E-state index >= 15 is 0 Å². The molecule has 136 valence electrons. The first-order chi connectivity index (χ1) is 12.2. The fourth-order valence-corrected chi connectivity index (χ4v) is 3.15. The van der Waals surface area contributed by atoms with E-state index in [1.807, 2.05) is 24.3 Å². The molecule has 1 aromatic heterocycles. The topological polar surface area (TPSA) is 74.9 Å². The minimum absolute atomic E-state index is 0.228. The molecule has 2 heterocycles. The maximum Gasteiger partial charge on any atom is 0.247 e. The highest BCUT2D eigenvalue weighted by Crippen LogP contribution is 2.21. The molecule has 7 heteroatoms. The lowest BCUT2D eigenvalue weighted by Crippen LogP contribution is -2.50. The summed E-state index contributed by atoms with van der Waals surface area (Å²) in [6, 6.07) is 7.85. The van der Waals surface area contributed by atoms with Gasteiger partial charge in [-0.05, 0) is 30.7 Å². The van der Waals surface area contributed by atoms with Crippen LogP contribution in [0.5, 0.6) is 5.75 Å². The lowest BCUT2D eigenvalue weighted by molar-refractivity contribution is 0.0577. The number of ether oxygens (including phenoxy) is 1. The second-order valence-corrected chi connectivity index (χ2v) is 6.29. The van der Waals surface area contributed by atoms with Gasteiger partial charge in [0.1, 0.15) is 5.75 Å². The zero-order valence-electron chi connectivity index (χ0n) is 14.9. The highest BCUT2D eigenvalue weighted by Gasteiger charge is 2.23. The Hall–Kier alpha value is -1.96. The van der Waals surface area contributed by atoms with Gasteiger partial charge in [0.15, 0.2) is 0 Å². The molecule has 1 saturated heterocycles. The summed E-state index contributed by atoms with van der Waals surface area (Å²) in [5.41, 5.74) is 0.887. The number of aromatic nitrogens is 2. The lowest BCUT2D eigenvalue weighted by atomic mass is 10.1. The Morgan fingerprint density at radius 1 is 1.16 bits per heavy atom. The van der Waals surface area contributed by atoms with Crippen molar-refractivity contribution in [2.75, 3.05) is 39.9 Å². The van der Waals surface area contributed by atoms with Crippen molar-refractivity contribution in [2.24, 2.45) is 0 Å². The van der Waals surface area contributed by atoms with E-state index in [9.17, 15) is 5.11 Å². The number of hydrogen-bond donors (Lipinski definition) is 1. The standard InChI is InChI=1S/C18H26N4O3/c1-3-15(13-23)22-10-8-21(9-11-22)12-17-19-20-18(25-17)14-4-6-16(24-2)7-5-14/h4-7,15,23H,3,8-13H2,1-2H3. The van der Waals surface area contributed by atoms with Crippen LogP contribution in [0.25, 0.3) is 11.5 Å². The van der Waals surface area contributed by atoms with Crippen molar-refractivity contribution < 1.29 is 14.3 Å². The Labute approximate surface area is 148 Å². The van der Waals surface area contributed by atoms with Crippen LogP contribution < -0.4 is 4.74 Å². The van der Waals surface area contributed by atoms with Crippen LogP contribution >= 0.6 is 0 Å². The third kappa shape index (κ3) is 4.36. The molecular formula is C18H26N4O3. The van der Waals surface area contributed by atoms with Gasteiger partial charge in [0.25, 0.3) is 0 Å². The van der Waals surface area contributed by atoms with Crippen LogP contribution in [0.2, 0.25) is 0 Å². The Morgan fingerprint density at radius 2 is 1.88 bits per heavy atom. The summed E-state index contributed by atoms with van der Waals surface area (Å²) in [6.07, 6.45) is 0.978. The number of aliphatic hydroxyl groups is 1. The summed E-state index contributed by atoms with van der Waals surface area (Å²) < 4.78 is 11.0. The Balaban J connectivity index is 1.55. The normalized spacial score (nSPS) is 17.6. The van der Waals surface area contributed by atoms with Gasteiger partial charge in [0.2, 0.25) is 11.8 Å². The number of methoxy groups -OCH3 is 1. The zero-order valence-corrected chi connectivity index (χ0v) is 14.9. The van der Waals surface area contributed by atoms with E-state index in [-0.39, 0.29) is 12.6 Å². The maximum absolute atomic E-state index is 9.43. The average Bonchev–Trinajstić information content (AvgIpc) is 3.12. The second kappa shape index (κ2) is 8.42. The molecule has 0 spiro atoms. The molecule has 1 atom stereocenters. The monoisotopic (exact) mass is 346 g/mol. The van der Waals surface area contributed by atoms with Gasteiger partial charge in [-0.25, -0.2) is 0 Å². The van der Waals surface area contributed by atoms with Crippen molar-refractivity contribution in [1.82, 2.24) is 20.0 Å². The van der Waals surface area contributed by atoms with E-state index in [1.165, 1.54) is 0 Å². The fourth-order valence-electron chi connectivity index (χ4n) is 3.15. The van der Waals surface area contributed by atoms with Crippen LogP contribution in [0, 0.1) is 0 Å². The highest BCUT2D eigenvalue weighted by molar-refractivity contribution is 5.53. The summed E-state index contributed by atoms with van der Waals surface area (Å²) in [5.74, 6) is 1.96. The predicted octanol–water partition coefficient (Wildman–Crippen LogP) is 1.63. The molecule has 1 unspecified atom stereocenters. The molecular weight excluding hydrogens is 320 g/mol. The molecule has 1 fully saturated rings. The van der Waals surface area contributed by atoms with Crippen molar-refractivity contribution in [2.45, 2.75) is 25.9 Å². The van der Waals surface area contributed by atoms with Crippen LogP contribution in [0.3, 0.4) is 0 Å². The summed E-state index contributed by atoms with van der Waals surface area (Å²) in [6.45, 7) is 6.80. The Bertz CT molecular complexity index is 647. The molecule has 2 aromatic rings. The smallest absolute Gasteiger partial charge is 0.247 e. The molecule has 1 aliphatic heterocycles. The van der Waals surface area contributed by atoms with Crippen molar-refractivity contribution in [3.8, 4) is 17.2 Å². The molecule has 7 nitrogen and oxygen atoms in total. The van der Waals surface area contributed by atoms with E-state index in [0.717, 1.165) is 43.9 Å². The SMILES string of the molecule is CCC(CO)N1CCN(Cc2nnc(-c3ccc(OC)cc3)o2)CC1. The molecule has 1 N–H and O–H groups in total. The predicted molar refractivity (Wildman–Crippen MR) is 94.3 cm³/mol. The maximum atomic E-state index is 9.43. The third-order valence-corrected chi connectivity index (χ3v) is 4.77. The van der Waals surface area contributed by atoms with E-state index in [1.54, 1.807) is 7.11 Å². The number of benzene rings is 1. The van der Waals surface area contributed by atoms with Crippen molar-refractivity contribution in [3.05, 3.63) is 30.2 Å². The van der Waals surface area contributed by atoms with Crippen molar-refractivity contribution in [3.63, 3.8) is 0 Å². The molecule has 0 aliphatic carbocycles. The van der Waals surface area contributed by atoms with E-state index in [4.69, 9.17) is 9.15 Å². The molecule has 0 bridgehead atoms. The number of piperazine rings is 1. The number of aliphatic hydroxyl groups excluding tert-OH is 1. The molecule has 3 rings (SSSR count). The quantitative estimate of drug-likeness (QED) is 0.817. The summed E-state index contributed by atoms with van der Waals surface area (Å²) in [4.78, 5) is 4.67. The third-order valence-electron chi connectivity index (χ3n) is 4.77. The van der Waals surface area contributed by atoms with Gasteiger partial charge in [0.05, 0.1) is 20.3 Å². The fraction of sp³-hybridized carbons (Fsp3) is 0.556. The van der Waals surface area contributed by atoms with Crippen LogP contribution in [0.4, 0.5) is 0 Å². The first-order valence-corrected chi connectivity index (χ1v) is 8.77. The van der Waals surface area contributed by atoms with Gasteiger partial charge in [-0.15, -0.1) is 10.2 Å². The molecule has 0 saturated carbocycles. The van der Waals surface area contributed by atoms with Crippen LogP contribution in [0.15, 0.2) is 28.7 Å². The minimum atomic E-state index is 0.228. The molecule has 0 radical (unpaired) electrons. The summed E-state index contributed by atoms with van der Waals surface area (Å²) in [5, 5.41) is 17.7. The molecule has 0 amide bonds. The number of rotatable bonds is 7. The molecule has 1 aromatic carbocycles. The van der Waals surface area contributed by atoms with Gasteiger partial charge in [-0.3, -0.25) is 9.80 Å². The average molecular weight is 346 g/mol. The van der Waals surface area contributed by atoms with Gasteiger partial charge in [-0.2, -0.15) is 0 Å².